The van der Waals surface area contributed by atoms with Crippen molar-refractivity contribution in [3.63, 3.8) is 0 Å². The number of halogens is 1. The second-order valence-corrected chi connectivity index (χ2v) is 3.26. The minimum absolute atomic E-state index is 0.0954. The van der Waals surface area contributed by atoms with Crippen molar-refractivity contribution in [3.8, 4) is 0 Å². The van der Waals surface area contributed by atoms with Crippen LogP contribution >= 0.6 is 0 Å². The number of alkyl halides is 1. The van der Waals surface area contributed by atoms with Gasteiger partial charge in [0.1, 0.15) is 0 Å². The molecular weight excluding hydrogens is 191 g/mol. The lowest BCUT2D eigenvalue weighted by Crippen LogP contribution is -2.24. The Labute approximate surface area is 82.0 Å². The lowest BCUT2D eigenvalue weighted by atomic mass is 10.2. The van der Waals surface area contributed by atoms with Crippen LogP contribution in [-0.2, 0) is 14.3 Å². The third kappa shape index (κ3) is 4.02. The molecule has 5 heteroatoms. The molecule has 0 aromatic heterocycles. The maximum absolute atomic E-state index is 12.6. The molecule has 4 nitrogen and oxygen atoms in total. The first kappa shape index (κ1) is 11.4. The molecule has 0 aromatic rings. The van der Waals surface area contributed by atoms with Gasteiger partial charge in [-0.25, -0.2) is 9.18 Å². The average Bonchev–Trinajstić information content (AvgIpc) is 2.19. The van der Waals surface area contributed by atoms with Crippen LogP contribution in [0.3, 0.4) is 0 Å². The zero-order chi connectivity index (χ0) is 10.4. The summed E-state index contributed by atoms with van der Waals surface area (Å²) >= 11 is 0. The lowest BCUT2D eigenvalue weighted by molar-refractivity contribution is -0.167. The normalized spacial score (nSPS) is 24.5. The fraction of sp³-hybridized carbons (Fsp3) is 0.889. The summed E-state index contributed by atoms with van der Waals surface area (Å²) in [5.41, 5.74) is 0. The molecule has 1 N–H and O–H groups in total. The van der Waals surface area contributed by atoms with E-state index in [0.717, 1.165) is 19.3 Å². The van der Waals surface area contributed by atoms with Gasteiger partial charge in [-0.1, -0.05) is 0 Å². The first-order chi connectivity index (χ1) is 6.70. The highest BCUT2D eigenvalue weighted by atomic mass is 19.1. The van der Waals surface area contributed by atoms with Gasteiger partial charge in [-0.2, -0.15) is 0 Å². The maximum atomic E-state index is 12.6. The van der Waals surface area contributed by atoms with Gasteiger partial charge < -0.3 is 14.6 Å². The van der Waals surface area contributed by atoms with Crippen LogP contribution in [-0.4, -0.2) is 36.8 Å². The van der Waals surface area contributed by atoms with Crippen LogP contribution in [0, 0.1) is 0 Å². The van der Waals surface area contributed by atoms with Crippen LogP contribution in [0.15, 0.2) is 0 Å². The van der Waals surface area contributed by atoms with E-state index in [2.05, 4.69) is 0 Å². The Balaban J connectivity index is 2.05. The number of hydrogen-bond acceptors (Lipinski definition) is 3. The van der Waals surface area contributed by atoms with Gasteiger partial charge in [-0.05, 0) is 19.3 Å². The molecule has 2 unspecified atom stereocenters. The average molecular weight is 206 g/mol. The number of carboxylic acid groups (broad SMARTS) is 1. The van der Waals surface area contributed by atoms with Crippen molar-refractivity contribution < 1.29 is 23.8 Å². The van der Waals surface area contributed by atoms with Crippen molar-refractivity contribution in [2.24, 2.45) is 0 Å². The summed E-state index contributed by atoms with van der Waals surface area (Å²) in [7, 11) is 0. The van der Waals surface area contributed by atoms with Crippen LogP contribution in [0.4, 0.5) is 4.39 Å². The van der Waals surface area contributed by atoms with Gasteiger partial charge in [0.2, 0.25) is 0 Å². The molecule has 1 aliphatic rings. The third-order valence-corrected chi connectivity index (χ3v) is 2.08. The van der Waals surface area contributed by atoms with Crippen molar-refractivity contribution >= 4 is 5.97 Å². The van der Waals surface area contributed by atoms with Crippen molar-refractivity contribution in [3.05, 3.63) is 0 Å². The Bertz CT molecular complexity index is 180. The fourth-order valence-electron chi connectivity index (χ4n) is 1.27. The molecule has 0 radical (unpaired) electrons. The second kappa shape index (κ2) is 5.93. The van der Waals surface area contributed by atoms with Gasteiger partial charge >= 0.3 is 5.97 Å². The van der Waals surface area contributed by atoms with Gasteiger partial charge in [0.15, 0.2) is 12.5 Å². The molecule has 1 rings (SSSR count). The minimum atomic E-state index is -1.83. The van der Waals surface area contributed by atoms with Crippen LogP contribution < -0.4 is 0 Å². The van der Waals surface area contributed by atoms with Crippen molar-refractivity contribution in [2.75, 3.05) is 13.2 Å². The summed E-state index contributed by atoms with van der Waals surface area (Å²) < 4.78 is 23.0. The first-order valence-corrected chi connectivity index (χ1v) is 4.80. The Morgan fingerprint density at radius 1 is 1.64 bits per heavy atom. The van der Waals surface area contributed by atoms with Gasteiger partial charge in [-0.15, -0.1) is 0 Å². The number of carbonyl (C=O) groups is 1. The maximum Gasteiger partial charge on any atom is 0.338 e. The summed E-state index contributed by atoms with van der Waals surface area (Å²) in [5.74, 6) is -1.43. The third-order valence-electron chi connectivity index (χ3n) is 2.08. The molecule has 0 amide bonds. The zero-order valence-electron chi connectivity index (χ0n) is 7.95. The molecule has 0 spiro atoms. The molecule has 0 aromatic carbocycles. The van der Waals surface area contributed by atoms with E-state index >= 15 is 0 Å². The van der Waals surface area contributed by atoms with Crippen molar-refractivity contribution in [2.45, 2.75) is 38.1 Å². The molecule has 0 saturated carbocycles. The summed E-state index contributed by atoms with van der Waals surface area (Å²) in [6, 6.07) is 0. The summed E-state index contributed by atoms with van der Waals surface area (Å²) in [5, 5.41) is 8.26. The zero-order valence-corrected chi connectivity index (χ0v) is 7.95. The number of hydrogen-bond donors (Lipinski definition) is 1. The summed E-state index contributed by atoms with van der Waals surface area (Å²) in [6.07, 6.45) is 0.658. The van der Waals surface area contributed by atoms with Crippen LogP contribution in [0.1, 0.15) is 25.7 Å². The number of carboxylic acids is 1. The van der Waals surface area contributed by atoms with E-state index in [-0.39, 0.29) is 19.3 Å². The number of ether oxygens (including phenoxy) is 2. The summed E-state index contributed by atoms with van der Waals surface area (Å²) in [6.45, 7) is 0.765. The van der Waals surface area contributed by atoms with E-state index in [1.54, 1.807) is 0 Å². The predicted molar refractivity (Wildman–Crippen MR) is 46.7 cm³/mol. The minimum Gasteiger partial charge on any atom is -0.479 e. The van der Waals surface area contributed by atoms with Gasteiger partial charge in [-0.3, -0.25) is 0 Å². The molecule has 0 aliphatic carbocycles. The van der Waals surface area contributed by atoms with Gasteiger partial charge in [0.25, 0.3) is 0 Å². The highest BCUT2D eigenvalue weighted by Gasteiger charge is 2.18. The molecule has 1 saturated heterocycles. The van der Waals surface area contributed by atoms with Gasteiger partial charge in [0, 0.05) is 13.0 Å². The highest BCUT2D eigenvalue weighted by Crippen LogP contribution is 2.14. The van der Waals surface area contributed by atoms with E-state index in [1.165, 1.54) is 0 Å². The smallest absolute Gasteiger partial charge is 0.338 e. The molecule has 1 fully saturated rings. The first-order valence-electron chi connectivity index (χ1n) is 4.80. The Morgan fingerprint density at radius 2 is 2.43 bits per heavy atom. The van der Waals surface area contributed by atoms with Crippen LogP contribution in [0.5, 0.6) is 0 Å². The van der Waals surface area contributed by atoms with Crippen LogP contribution in [0.2, 0.25) is 0 Å². The SMILES string of the molecule is O=C(O)C(F)CCOC1CCCCO1. The van der Waals surface area contributed by atoms with Crippen molar-refractivity contribution in [1.29, 1.82) is 0 Å². The Hall–Kier alpha value is -0.680. The topological polar surface area (TPSA) is 55.8 Å². The van der Waals surface area contributed by atoms with E-state index in [4.69, 9.17) is 14.6 Å². The van der Waals surface area contributed by atoms with Gasteiger partial charge in [0.05, 0.1) is 6.61 Å². The molecular formula is C9H15FO4. The van der Waals surface area contributed by atoms with E-state index < -0.39 is 12.1 Å². The monoisotopic (exact) mass is 206 g/mol. The van der Waals surface area contributed by atoms with E-state index in [9.17, 15) is 9.18 Å². The van der Waals surface area contributed by atoms with E-state index in [0.29, 0.717) is 6.61 Å². The molecule has 1 aliphatic heterocycles. The van der Waals surface area contributed by atoms with E-state index in [1.807, 2.05) is 0 Å². The molecule has 1 heterocycles. The number of aliphatic carboxylic acids is 1. The molecule has 14 heavy (non-hydrogen) atoms. The number of rotatable bonds is 5. The predicted octanol–water partition coefficient (Wildman–Crippen LogP) is 1.34. The molecule has 2 atom stereocenters. The fourth-order valence-corrected chi connectivity index (χ4v) is 1.27. The quantitative estimate of drug-likeness (QED) is 0.737. The Kier molecular flexibility index (Phi) is 4.82. The summed E-state index contributed by atoms with van der Waals surface area (Å²) in [4.78, 5) is 10.1. The van der Waals surface area contributed by atoms with Crippen LogP contribution in [0.25, 0.3) is 0 Å². The highest BCUT2D eigenvalue weighted by molar-refractivity contribution is 5.71. The second-order valence-electron chi connectivity index (χ2n) is 3.26. The van der Waals surface area contributed by atoms with Crippen molar-refractivity contribution in [1.82, 2.24) is 0 Å². The standard InChI is InChI=1S/C9H15FO4/c10-7(9(11)12)4-6-14-8-3-1-2-5-13-8/h7-8H,1-6H2,(H,11,12). The largest absolute Gasteiger partial charge is 0.479 e. The lowest BCUT2D eigenvalue weighted by Gasteiger charge is -2.22. The molecule has 82 valence electrons. The Morgan fingerprint density at radius 3 is 3.00 bits per heavy atom. The molecule has 0 bridgehead atoms.